The summed E-state index contributed by atoms with van der Waals surface area (Å²) in [7, 11) is -16.3. The van der Waals surface area contributed by atoms with Crippen LogP contribution in [0.1, 0.15) is 18.2 Å². The fraction of sp³-hybridized carbons (Fsp3) is 0.600. The first-order valence-electron chi connectivity index (χ1n) is 8.05. The number of rotatable bonds is 9. The number of aromatic nitrogens is 2. The van der Waals surface area contributed by atoms with Crippen molar-refractivity contribution in [3.63, 3.8) is 0 Å². The molecule has 1 aliphatic heterocycles. The lowest BCUT2D eigenvalue weighted by Gasteiger charge is -2.25. The zero-order valence-electron chi connectivity index (χ0n) is 15.8. The lowest BCUT2D eigenvalue weighted by Crippen LogP contribution is -2.38. The Labute approximate surface area is 176 Å². The maximum absolute atomic E-state index is 12.0. The van der Waals surface area contributed by atoms with Crippen LogP contribution in [0.5, 0.6) is 0 Å². The largest absolute Gasteiger partial charge is 0.488 e. The molecule has 0 aromatic carbocycles. The van der Waals surface area contributed by atoms with E-state index in [0.717, 1.165) is 10.8 Å². The van der Waals surface area contributed by atoms with E-state index in [9.17, 15) is 33.6 Å². The first-order chi connectivity index (χ1) is 14.5. The van der Waals surface area contributed by atoms with Crippen LogP contribution in [0, 0.1) is 12.1 Å². The van der Waals surface area contributed by atoms with Crippen LogP contribution in [0.4, 0.5) is 0 Å². The van der Waals surface area contributed by atoms with Crippen LogP contribution in [0.15, 0.2) is 20.9 Å². The van der Waals surface area contributed by atoms with Gasteiger partial charge in [-0.3, -0.25) is 18.9 Å². The molecule has 7 N–H and O–H groups in total. The van der Waals surface area contributed by atoms with Crippen molar-refractivity contribution in [2.45, 2.75) is 31.4 Å². The van der Waals surface area contributed by atoms with Gasteiger partial charge in [0, 0.05) is 23.1 Å². The number of ether oxygens (including phenoxy) is 1. The molecule has 0 radical (unpaired) electrons. The number of H-pyrrole nitrogens is 1. The van der Waals surface area contributed by atoms with Crippen LogP contribution in [0.25, 0.3) is 10.4 Å². The predicted molar refractivity (Wildman–Crippen MR) is 101 cm³/mol. The Morgan fingerprint density at radius 3 is 2.56 bits per heavy atom. The van der Waals surface area contributed by atoms with Crippen molar-refractivity contribution in [1.82, 2.24) is 9.55 Å². The summed E-state index contributed by atoms with van der Waals surface area (Å²) in [5.41, 5.74) is 4.79. The van der Waals surface area contributed by atoms with E-state index in [1.165, 1.54) is 6.92 Å². The second kappa shape index (κ2) is 9.29. The molecule has 1 aromatic heterocycles. The molecule has 1 fully saturated rings. The van der Waals surface area contributed by atoms with Gasteiger partial charge in [0.2, 0.25) is 0 Å². The van der Waals surface area contributed by atoms with Gasteiger partial charge in [-0.25, -0.2) is 23.4 Å². The Morgan fingerprint density at radius 1 is 1.38 bits per heavy atom. The summed E-state index contributed by atoms with van der Waals surface area (Å²) in [6.07, 6.45) is -2.44. The number of aromatic amines is 1. The van der Waals surface area contributed by atoms with Gasteiger partial charge in [0.1, 0.15) is 12.3 Å². The summed E-state index contributed by atoms with van der Waals surface area (Å²) in [5.74, 6) is 0. The van der Waals surface area contributed by atoms with Crippen LogP contribution in [0.2, 0.25) is 0 Å². The van der Waals surface area contributed by atoms with Gasteiger partial charge in [-0.2, -0.15) is 4.31 Å². The van der Waals surface area contributed by atoms with E-state index in [-0.39, 0.29) is 5.56 Å². The van der Waals surface area contributed by atoms with E-state index in [1.807, 2.05) is 4.98 Å². The summed E-state index contributed by atoms with van der Waals surface area (Å²) in [5, 5.41) is 21.1. The number of hydrogen-bond donors (Lipinski definition) is 7. The minimum atomic E-state index is -5.66. The highest BCUT2D eigenvalue weighted by Crippen LogP contribution is 2.66. The maximum atomic E-state index is 12.0. The van der Waals surface area contributed by atoms with E-state index in [0.29, 0.717) is 0 Å². The highest BCUT2D eigenvalue weighted by Gasteiger charge is 2.49. The standard InChI is InChI=1S/C10H17N6O13P3/c1-5-3-16(9(18)13-8(5)17)7-2-10(19,14-15-11)6(27-7)4-26-30(12,20)28-32(24,25)29-31(21,22)23/h3,6-7,19H,2,4H2,1H3,(H2,12,20)(H,24,25)(H,13,17,18)(H2,21,22,23). The molecule has 5 unspecified atom stereocenters. The fourth-order valence-corrected chi connectivity index (χ4v) is 5.64. The third kappa shape index (κ3) is 6.91. The Hall–Kier alpha value is -1.68. The smallest absolute Gasteiger partial charge is 0.381 e. The van der Waals surface area contributed by atoms with Gasteiger partial charge in [0.25, 0.3) is 5.56 Å². The van der Waals surface area contributed by atoms with Gasteiger partial charge < -0.3 is 29.4 Å². The monoisotopic (exact) mass is 522 g/mol. The van der Waals surface area contributed by atoms with Gasteiger partial charge in [-0.15, -0.1) is 0 Å². The summed E-state index contributed by atoms with van der Waals surface area (Å²) < 4.78 is 40.3. The average molecular weight is 522 g/mol. The number of phosphoric acid groups is 2. The molecule has 0 saturated carbocycles. The Bertz CT molecular complexity index is 1190. The van der Waals surface area contributed by atoms with Gasteiger partial charge in [-0.1, -0.05) is 5.11 Å². The number of aliphatic hydroxyl groups is 1. The van der Waals surface area contributed by atoms with E-state index in [1.54, 1.807) is 0 Å². The lowest BCUT2D eigenvalue weighted by atomic mass is 10.1. The third-order valence-electron chi connectivity index (χ3n) is 3.81. The zero-order chi connectivity index (χ0) is 24.5. The number of nitrogens with one attached hydrogen (secondary N) is 2. The molecule has 19 nitrogen and oxygen atoms in total. The molecule has 32 heavy (non-hydrogen) atoms. The third-order valence-corrected chi connectivity index (χ3v) is 7.70. The summed E-state index contributed by atoms with van der Waals surface area (Å²) in [6, 6.07) is 0. The van der Waals surface area contributed by atoms with Crippen molar-refractivity contribution in [1.29, 1.82) is 5.16 Å². The molecule has 5 atom stereocenters. The molecule has 22 heteroatoms. The second-order valence-corrected chi connectivity index (χ2v) is 10.8. The van der Waals surface area contributed by atoms with Gasteiger partial charge in [0.05, 0.1) is 6.61 Å². The SMILES string of the molecule is Cc1cn(C2CC(O)(N=[N+]=[N-])C(COP(=N)(O)OP(=O)(O)OP(=O)(O)O)O2)c(=O)[nH]c1=O. The zero-order valence-corrected chi connectivity index (χ0v) is 18.5. The molecule has 0 amide bonds. The molecule has 1 saturated heterocycles. The minimum Gasteiger partial charge on any atom is -0.381 e. The van der Waals surface area contributed by atoms with Crippen molar-refractivity contribution in [3.05, 3.63) is 43.0 Å². The number of hydrogen-bond acceptors (Lipinski definition) is 11. The molecule has 1 aliphatic rings. The Kier molecular flexibility index (Phi) is 7.71. The van der Waals surface area contributed by atoms with Crippen LogP contribution >= 0.6 is 23.4 Å². The second-order valence-electron chi connectivity index (χ2n) is 6.27. The molecule has 2 heterocycles. The van der Waals surface area contributed by atoms with Crippen LogP contribution in [0.3, 0.4) is 0 Å². The normalized spacial score (nSPS) is 27.3. The van der Waals surface area contributed by atoms with Crippen molar-refractivity contribution in [2.24, 2.45) is 5.11 Å². The fourth-order valence-electron chi connectivity index (χ4n) is 2.54. The average Bonchev–Trinajstić information content (AvgIpc) is 2.89. The molecule has 180 valence electrons. The highest BCUT2D eigenvalue weighted by atomic mass is 31.3. The van der Waals surface area contributed by atoms with Gasteiger partial charge in [-0.05, 0) is 12.5 Å². The molecule has 2 rings (SSSR count). The van der Waals surface area contributed by atoms with Crippen LogP contribution in [-0.2, 0) is 27.0 Å². The van der Waals surface area contributed by atoms with E-state index in [4.69, 9.17) is 25.2 Å². The van der Waals surface area contributed by atoms with E-state index < -0.39 is 65.7 Å². The summed E-state index contributed by atoms with van der Waals surface area (Å²) >= 11 is 0. The lowest BCUT2D eigenvalue weighted by molar-refractivity contribution is -0.0770. The Balaban J connectivity index is 2.22. The van der Waals surface area contributed by atoms with Crippen molar-refractivity contribution >= 4 is 23.4 Å². The maximum Gasteiger partial charge on any atom is 0.488 e. The molecule has 0 spiro atoms. The molecule has 0 aliphatic carbocycles. The van der Waals surface area contributed by atoms with E-state index >= 15 is 0 Å². The summed E-state index contributed by atoms with van der Waals surface area (Å²) in [4.78, 5) is 64.0. The summed E-state index contributed by atoms with van der Waals surface area (Å²) in [6.45, 7) is 0.353. The van der Waals surface area contributed by atoms with Crippen LogP contribution < -0.4 is 11.2 Å². The number of aryl methyl sites for hydroxylation is 1. The first kappa shape index (κ1) is 26.6. The van der Waals surface area contributed by atoms with Crippen molar-refractivity contribution in [2.75, 3.05) is 6.61 Å². The van der Waals surface area contributed by atoms with Crippen LogP contribution in [-0.4, -0.2) is 52.7 Å². The molecular formula is C10H17N6O13P3. The van der Waals surface area contributed by atoms with Gasteiger partial charge >= 0.3 is 29.1 Å². The molecular weight excluding hydrogens is 505 g/mol. The first-order valence-corrected chi connectivity index (χ1v) is 12.7. The highest BCUT2D eigenvalue weighted by molar-refractivity contribution is 7.66. The van der Waals surface area contributed by atoms with Crippen molar-refractivity contribution < 1.29 is 51.7 Å². The quantitative estimate of drug-likeness (QED) is 0.0965. The Morgan fingerprint density at radius 2 is 2.00 bits per heavy atom. The van der Waals surface area contributed by atoms with Crippen molar-refractivity contribution in [3.8, 4) is 0 Å². The van der Waals surface area contributed by atoms with E-state index in [2.05, 4.69) is 23.2 Å². The minimum absolute atomic E-state index is 0.101. The number of azide groups is 1. The number of nitrogens with zero attached hydrogens (tertiary/aromatic N) is 4. The topological polar surface area (TPSA) is 300 Å². The van der Waals surface area contributed by atoms with Gasteiger partial charge in [0.15, 0.2) is 5.72 Å². The molecule has 0 bridgehead atoms. The predicted octanol–water partition coefficient (Wildman–Crippen LogP) is -0.108. The molecule has 1 aromatic rings.